The van der Waals surface area contributed by atoms with E-state index in [9.17, 15) is 24.9 Å². The summed E-state index contributed by atoms with van der Waals surface area (Å²) in [5, 5.41) is 31.7. The molecule has 288 valence electrons. The van der Waals surface area contributed by atoms with Crippen molar-refractivity contribution in [2.24, 2.45) is 56.7 Å². The maximum absolute atomic E-state index is 14.3. The quantitative estimate of drug-likeness (QED) is 0.199. The summed E-state index contributed by atoms with van der Waals surface area (Å²) in [6.07, 6.45) is 5.35. The molecule has 53 heavy (non-hydrogen) atoms. The van der Waals surface area contributed by atoms with Crippen LogP contribution in [0.3, 0.4) is 0 Å². The van der Waals surface area contributed by atoms with Crippen LogP contribution in [-0.4, -0.2) is 52.7 Å². The second-order valence-electron chi connectivity index (χ2n) is 19.1. The second-order valence-corrected chi connectivity index (χ2v) is 19.1. The van der Waals surface area contributed by atoms with Gasteiger partial charge in [-0.3, -0.25) is 0 Å². The Morgan fingerprint density at radius 1 is 0.849 bits per heavy atom. The minimum atomic E-state index is -0.481. The molecule has 0 saturated heterocycles. The molecule has 3 N–H and O–H groups in total. The van der Waals surface area contributed by atoms with E-state index in [2.05, 4.69) is 55.0 Å². The van der Waals surface area contributed by atoms with Crippen molar-refractivity contribution in [1.29, 1.82) is 0 Å². The van der Waals surface area contributed by atoms with Crippen LogP contribution in [0.25, 0.3) is 0 Å². The zero-order valence-electron chi connectivity index (χ0n) is 32.9. The average Bonchev–Trinajstić information content (AvgIpc) is 3.45. The molecule has 0 unspecified atom stereocenters. The maximum atomic E-state index is 14.3. The molecule has 0 heterocycles. The Hall–Kier alpha value is -3.52. The number of allylic oxidation sites excluding steroid dienone is 1. The third-order valence-electron chi connectivity index (χ3n) is 16.4. The van der Waals surface area contributed by atoms with Crippen LogP contribution in [0, 0.1) is 56.7 Å². The molecule has 5 aliphatic carbocycles. The number of aliphatic hydroxyl groups excluding tert-OH is 1. The van der Waals surface area contributed by atoms with Crippen molar-refractivity contribution in [2.75, 3.05) is 7.11 Å². The molecule has 0 aromatic heterocycles. The number of rotatable bonds is 6. The van der Waals surface area contributed by atoms with Gasteiger partial charge >= 0.3 is 11.9 Å². The van der Waals surface area contributed by atoms with Crippen LogP contribution >= 0.6 is 0 Å². The van der Waals surface area contributed by atoms with E-state index in [1.165, 1.54) is 30.9 Å². The third kappa shape index (κ3) is 5.54. The van der Waals surface area contributed by atoms with Crippen LogP contribution in [0.4, 0.5) is 0 Å². The average molecular weight is 729 g/mol. The first-order valence-electron chi connectivity index (χ1n) is 19.7. The SMILES string of the molecule is C=C(C)[C@@H]1CC[C@]2(C)C[C@H](OC(=O)c3ccc(O)cc3)[C@]3(C)[C@H](C[C@@H](OC(=O)c4ccc(O)c(OC)c4)[C@@H]4[C@@]5(C)CC[C@H](O)C(C)(C)[C@@H]5CC[C@]43C)[C@@H]12. The van der Waals surface area contributed by atoms with E-state index in [0.29, 0.717) is 29.9 Å². The van der Waals surface area contributed by atoms with Crippen molar-refractivity contribution in [3.63, 3.8) is 0 Å². The highest BCUT2D eigenvalue weighted by atomic mass is 16.6. The van der Waals surface area contributed by atoms with Gasteiger partial charge < -0.3 is 29.5 Å². The number of carbonyl (C=O) groups is 2. The molecule has 0 spiro atoms. The van der Waals surface area contributed by atoms with Crippen LogP contribution < -0.4 is 4.74 Å². The number of aromatic hydroxyl groups is 2. The van der Waals surface area contributed by atoms with Gasteiger partial charge in [0, 0.05) is 11.3 Å². The smallest absolute Gasteiger partial charge is 0.338 e. The van der Waals surface area contributed by atoms with Gasteiger partial charge in [0.05, 0.1) is 24.3 Å². The summed E-state index contributed by atoms with van der Waals surface area (Å²) in [4.78, 5) is 28.4. The predicted octanol–water partition coefficient (Wildman–Crippen LogP) is 9.12. The highest BCUT2D eigenvalue weighted by Crippen LogP contribution is 2.78. The largest absolute Gasteiger partial charge is 0.508 e. The Labute approximate surface area is 315 Å². The number of phenolic OH excluding ortho intramolecular Hbond substituents is 2. The number of ether oxygens (including phenoxy) is 3. The van der Waals surface area contributed by atoms with Crippen molar-refractivity contribution in [3.8, 4) is 17.2 Å². The van der Waals surface area contributed by atoms with E-state index < -0.39 is 35.1 Å². The number of hydrogen-bond donors (Lipinski definition) is 3. The molecule has 7 rings (SSSR count). The fraction of sp³-hybridized carbons (Fsp3) is 0.644. The predicted molar refractivity (Wildman–Crippen MR) is 203 cm³/mol. The molecular formula is C45H60O8. The van der Waals surface area contributed by atoms with Crippen LogP contribution in [0.1, 0.15) is 121 Å². The molecule has 0 aliphatic heterocycles. The van der Waals surface area contributed by atoms with E-state index >= 15 is 0 Å². The molecule has 5 saturated carbocycles. The Balaban J connectivity index is 1.39. The number of esters is 2. The molecule has 5 aliphatic rings. The van der Waals surface area contributed by atoms with E-state index in [1.54, 1.807) is 24.3 Å². The molecule has 0 amide bonds. The van der Waals surface area contributed by atoms with E-state index in [4.69, 9.17) is 14.2 Å². The Bertz CT molecular complexity index is 1780. The van der Waals surface area contributed by atoms with E-state index in [-0.39, 0.29) is 63.1 Å². The molecule has 2 aromatic carbocycles. The normalized spacial score (nSPS) is 41.2. The van der Waals surface area contributed by atoms with Gasteiger partial charge in [-0.15, -0.1) is 0 Å². The number of aliphatic hydroxyl groups is 1. The standard InChI is InChI=1S/C45H60O8/c1-25(2)29-16-19-42(5)24-36(53-39(49)26-10-13-28(46)14-11-26)45(8)30(37(29)42)23-33(52-40(50)27-12-15-31(47)32(22-27)51-9)38-43(6)20-18-35(48)41(3,4)34(43)17-21-44(38,45)7/h10-15,22,29-30,33-38,46-48H,1,16-21,23-24H2,2-9H3/t29-,30+,33+,34-,35-,36-,37+,38+,42+,43-,44+,45-/m0/s1. The Morgan fingerprint density at radius 3 is 2.17 bits per heavy atom. The van der Waals surface area contributed by atoms with Gasteiger partial charge in [0.15, 0.2) is 11.5 Å². The second kappa shape index (κ2) is 12.8. The van der Waals surface area contributed by atoms with Crippen molar-refractivity contribution < 1.29 is 39.1 Å². The van der Waals surface area contributed by atoms with E-state index in [1.807, 2.05) is 0 Å². The number of phenols is 2. The topological polar surface area (TPSA) is 123 Å². The van der Waals surface area contributed by atoms with Crippen molar-refractivity contribution in [1.82, 2.24) is 0 Å². The molecule has 0 bridgehead atoms. The summed E-state index contributed by atoms with van der Waals surface area (Å²) in [5.74, 6) is 0.143. The lowest BCUT2D eigenvalue weighted by Gasteiger charge is -2.74. The minimum Gasteiger partial charge on any atom is -0.508 e. The van der Waals surface area contributed by atoms with Crippen molar-refractivity contribution in [2.45, 2.75) is 118 Å². The summed E-state index contributed by atoms with van der Waals surface area (Å²) < 4.78 is 19.0. The highest BCUT2D eigenvalue weighted by molar-refractivity contribution is 5.90. The van der Waals surface area contributed by atoms with Crippen LogP contribution in [0.5, 0.6) is 17.2 Å². The number of methoxy groups -OCH3 is 1. The molecule has 5 fully saturated rings. The lowest BCUT2D eigenvalue weighted by Crippen LogP contribution is -2.73. The van der Waals surface area contributed by atoms with Gasteiger partial charge in [-0.1, -0.05) is 53.7 Å². The van der Waals surface area contributed by atoms with Gasteiger partial charge in [0.2, 0.25) is 0 Å². The maximum Gasteiger partial charge on any atom is 0.338 e. The van der Waals surface area contributed by atoms with Gasteiger partial charge in [-0.25, -0.2) is 9.59 Å². The van der Waals surface area contributed by atoms with E-state index in [0.717, 1.165) is 38.5 Å². The fourth-order valence-corrected chi connectivity index (χ4v) is 13.7. The Kier molecular flexibility index (Phi) is 9.11. The highest BCUT2D eigenvalue weighted by Gasteiger charge is 2.76. The zero-order chi connectivity index (χ0) is 38.5. The molecular weight excluding hydrogens is 668 g/mol. The van der Waals surface area contributed by atoms with Gasteiger partial charge in [-0.05, 0) is 146 Å². The van der Waals surface area contributed by atoms with Gasteiger partial charge in [-0.2, -0.15) is 0 Å². The molecule has 2 aromatic rings. The summed E-state index contributed by atoms with van der Waals surface area (Å²) >= 11 is 0. The van der Waals surface area contributed by atoms with Crippen LogP contribution in [-0.2, 0) is 9.47 Å². The summed E-state index contributed by atoms with van der Waals surface area (Å²) in [5.41, 5.74) is 0.278. The molecule has 8 nitrogen and oxygen atoms in total. The number of hydrogen-bond acceptors (Lipinski definition) is 8. The number of fused-ring (bicyclic) bond motifs is 7. The summed E-state index contributed by atoms with van der Waals surface area (Å²) in [6, 6.07) is 10.9. The van der Waals surface area contributed by atoms with Gasteiger partial charge in [0.25, 0.3) is 0 Å². The first-order valence-corrected chi connectivity index (χ1v) is 19.7. The summed E-state index contributed by atoms with van der Waals surface area (Å²) in [7, 11) is 1.46. The lowest BCUT2D eigenvalue weighted by atomic mass is 9.31. The fourth-order valence-electron chi connectivity index (χ4n) is 13.7. The Morgan fingerprint density at radius 2 is 1.51 bits per heavy atom. The first kappa shape index (κ1) is 37.8. The third-order valence-corrected chi connectivity index (χ3v) is 16.4. The van der Waals surface area contributed by atoms with Crippen LogP contribution in [0.15, 0.2) is 54.6 Å². The van der Waals surface area contributed by atoms with Gasteiger partial charge in [0.1, 0.15) is 18.0 Å². The molecule has 12 atom stereocenters. The number of carbonyl (C=O) groups excluding carboxylic acids is 2. The zero-order valence-corrected chi connectivity index (χ0v) is 32.9. The van der Waals surface area contributed by atoms with Crippen molar-refractivity contribution in [3.05, 3.63) is 65.7 Å². The van der Waals surface area contributed by atoms with Crippen molar-refractivity contribution >= 4 is 11.9 Å². The summed E-state index contributed by atoms with van der Waals surface area (Å²) in [6.45, 7) is 20.6. The lowest BCUT2D eigenvalue weighted by molar-refractivity contribution is -0.298. The number of benzene rings is 2. The monoisotopic (exact) mass is 728 g/mol. The van der Waals surface area contributed by atoms with Crippen LogP contribution in [0.2, 0.25) is 0 Å². The minimum absolute atomic E-state index is 0.0443. The first-order chi connectivity index (χ1) is 24.8. The molecule has 8 heteroatoms. The molecule has 0 radical (unpaired) electrons.